The fourth-order valence-corrected chi connectivity index (χ4v) is 9.07. The SMILES string of the molecule is CC(C)(O)CCCOc1cc(-c2cnn(C(C)(C)C(=O)O)c2)c2c(c1)[C@@](O)(C(F)(F)F)c1ccccc1-2.CC(C)(O)CCCOc1cc(-c2cnn(C(C)(C)C(N)=O)c2)c2c(c1)[C@@](O)(C(F)(F)F)c1ccccc1-2. The number of aromatic nitrogens is 4. The van der Waals surface area contributed by atoms with Gasteiger partial charge >= 0.3 is 18.3 Å². The van der Waals surface area contributed by atoms with Crippen LogP contribution in [0, 0.1) is 0 Å². The first kappa shape index (κ1) is 55.0. The van der Waals surface area contributed by atoms with Gasteiger partial charge in [0.25, 0.3) is 0 Å². The molecule has 1 amide bonds. The van der Waals surface area contributed by atoms with Crippen LogP contribution in [-0.4, -0.2) is 93.7 Å². The van der Waals surface area contributed by atoms with Gasteiger partial charge in [0.15, 0.2) is 5.54 Å². The van der Waals surface area contributed by atoms with Gasteiger partial charge in [-0.15, -0.1) is 0 Å². The van der Waals surface area contributed by atoms with Gasteiger partial charge in [-0.1, -0.05) is 48.5 Å². The largest absolute Gasteiger partial charge is 0.494 e. The number of nitrogens with two attached hydrogens (primary N) is 1. The molecule has 20 heteroatoms. The maximum atomic E-state index is 14.5. The average Bonchev–Trinajstić information content (AvgIpc) is 4.11. The average molecular weight is 1040 g/mol. The summed E-state index contributed by atoms with van der Waals surface area (Å²) in [5.41, 5.74) is -4.42. The fourth-order valence-electron chi connectivity index (χ4n) is 9.07. The molecule has 0 aliphatic heterocycles. The van der Waals surface area contributed by atoms with Crippen molar-refractivity contribution >= 4 is 11.9 Å². The number of fused-ring (bicyclic) bond motifs is 6. The van der Waals surface area contributed by atoms with Crippen molar-refractivity contribution in [2.45, 2.75) is 127 Å². The number of benzene rings is 4. The highest BCUT2D eigenvalue weighted by molar-refractivity contribution is 5.94. The number of hydrogen-bond acceptors (Lipinski definition) is 10. The smallest absolute Gasteiger partial charge is 0.425 e. The predicted molar refractivity (Wildman–Crippen MR) is 262 cm³/mol. The van der Waals surface area contributed by atoms with Gasteiger partial charge in [-0.2, -0.15) is 36.5 Å². The van der Waals surface area contributed by atoms with Crippen molar-refractivity contribution in [3.05, 3.63) is 120 Å². The van der Waals surface area contributed by atoms with Gasteiger partial charge in [0.05, 0.1) is 36.8 Å². The van der Waals surface area contributed by atoms with Crippen LogP contribution >= 0.6 is 0 Å². The van der Waals surface area contributed by atoms with Crippen molar-refractivity contribution < 1.29 is 70.9 Å². The lowest BCUT2D eigenvalue weighted by molar-refractivity contribution is -0.247. The Balaban J connectivity index is 0.000000216. The molecule has 2 aliphatic rings. The van der Waals surface area contributed by atoms with Crippen LogP contribution in [0.25, 0.3) is 44.5 Å². The Hall–Kier alpha value is -6.74. The number of aliphatic carboxylic acids is 1. The summed E-state index contributed by atoms with van der Waals surface area (Å²) in [6, 6.07) is 17.2. The molecule has 0 radical (unpaired) electrons. The Morgan fingerprint density at radius 3 is 1.28 bits per heavy atom. The third kappa shape index (κ3) is 10.1. The molecule has 6 aromatic rings. The van der Waals surface area contributed by atoms with Crippen LogP contribution in [0.5, 0.6) is 11.5 Å². The number of aliphatic hydroxyl groups is 4. The minimum atomic E-state index is -5.03. The molecule has 14 nitrogen and oxygen atoms in total. The van der Waals surface area contributed by atoms with Gasteiger partial charge in [0.1, 0.15) is 17.0 Å². The highest BCUT2D eigenvalue weighted by atomic mass is 19.4. The van der Waals surface area contributed by atoms with Gasteiger partial charge < -0.3 is 40.7 Å². The van der Waals surface area contributed by atoms with Crippen molar-refractivity contribution in [1.82, 2.24) is 19.6 Å². The molecule has 0 saturated carbocycles. The van der Waals surface area contributed by atoms with E-state index in [1.807, 2.05) is 0 Å². The summed E-state index contributed by atoms with van der Waals surface area (Å²) in [5, 5.41) is 60.3. The number of carboxylic acids is 1. The van der Waals surface area contributed by atoms with Gasteiger partial charge in [-0.05, 0) is 139 Å². The van der Waals surface area contributed by atoms with Crippen LogP contribution in [0.2, 0.25) is 0 Å². The van der Waals surface area contributed by atoms with Gasteiger partial charge in [0.2, 0.25) is 17.1 Å². The van der Waals surface area contributed by atoms with Crippen LogP contribution in [0.1, 0.15) is 103 Å². The number of rotatable bonds is 16. The van der Waals surface area contributed by atoms with Crippen LogP contribution in [-0.2, 0) is 31.9 Å². The van der Waals surface area contributed by atoms with E-state index in [2.05, 4.69) is 10.2 Å². The number of nitrogens with zero attached hydrogens (tertiary/aromatic N) is 4. The van der Waals surface area contributed by atoms with Gasteiger partial charge in [-0.25, -0.2) is 4.79 Å². The van der Waals surface area contributed by atoms with Gasteiger partial charge in [0, 0.05) is 45.8 Å². The van der Waals surface area contributed by atoms with Crippen LogP contribution in [0.3, 0.4) is 0 Å². The predicted octanol–water partition coefficient (Wildman–Crippen LogP) is 9.56. The molecule has 396 valence electrons. The number of halogens is 6. The van der Waals surface area contributed by atoms with Crippen LogP contribution in [0.4, 0.5) is 26.3 Å². The van der Waals surface area contributed by atoms with E-state index in [4.69, 9.17) is 15.2 Å². The Morgan fingerprint density at radius 2 is 0.946 bits per heavy atom. The molecule has 0 unspecified atom stereocenters. The zero-order valence-corrected chi connectivity index (χ0v) is 42.0. The molecule has 2 atom stereocenters. The molecule has 2 aromatic heterocycles. The van der Waals surface area contributed by atoms with E-state index in [9.17, 15) is 61.5 Å². The third-order valence-corrected chi connectivity index (χ3v) is 13.5. The van der Waals surface area contributed by atoms with E-state index in [0.717, 1.165) is 0 Å². The molecule has 74 heavy (non-hydrogen) atoms. The normalized spacial score (nSPS) is 17.4. The number of carbonyl (C=O) groups excluding carboxylic acids is 1. The van der Waals surface area contributed by atoms with Crippen molar-refractivity contribution in [1.29, 1.82) is 0 Å². The van der Waals surface area contributed by atoms with Crippen molar-refractivity contribution in [2.75, 3.05) is 13.2 Å². The molecule has 0 fully saturated rings. The topological polar surface area (TPSA) is 215 Å². The summed E-state index contributed by atoms with van der Waals surface area (Å²) in [6.07, 6.45) is -2.48. The number of carbonyl (C=O) groups is 2. The van der Waals surface area contributed by atoms with E-state index in [1.165, 1.54) is 96.5 Å². The van der Waals surface area contributed by atoms with Crippen molar-refractivity contribution in [3.63, 3.8) is 0 Å². The first-order valence-electron chi connectivity index (χ1n) is 23.6. The van der Waals surface area contributed by atoms with E-state index in [-0.39, 0.29) is 69.2 Å². The number of ether oxygens (including phenoxy) is 2. The zero-order valence-electron chi connectivity index (χ0n) is 42.0. The highest BCUT2D eigenvalue weighted by Gasteiger charge is 2.62. The summed E-state index contributed by atoms with van der Waals surface area (Å²) >= 11 is 0. The van der Waals surface area contributed by atoms with Crippen LogP contribution < -0.4 is 15.2 Å². The monoisotopic (exact) mass is 1040 g/mol. The second-order valence-electron chi connectivity index (χ2n) is 21.0. The first-order chi connectivity index (χ1) is 34.1. The molecule has 2 heterocycles. The second-order valence-corrected chi connectivity index (χ2v) is 21.0. The molecule has 0 spiro atoms. The lowest BCUT2D eigenvalue weighted by atomic mass is 9.89. The van der Waals surface area contributed by atoms with E-state index >= 15 is 0 Å². The fraction of sp³-hybridized carbons (Fsp3) is 0.407. The molecule has 2 aliphatic carbocycles. The number of alkyl halides is 6. The number of carboxylic acid groups (broad SMARTS) is 1. The molecule has 7 N–H and O–H groups in total. The number of amides is 1. The molecule has 8 rings (SSSR count). The summed E-state index contributed by atoms with van der Waals surface area (Å²) in [5.74, 6) is -1.53. The number of primary amides is 1. The molecule has 4 aromatic carbocycles. The Kier molecular flexibility index (Phi) is 14.3. The summed E-state index contributed by atoms with van der Waals surface area (Å²) in [4.78, 5) is 23.7. The quantitative estimate of drug-likeness (QED) is 0.0396. The summed E-state index contributed by atoms with van der Waals surface area (Å²) in [7, 11) is 0. The Morgan fingerprint density at radius 1 is 0.581 bits per heavy atom. The highest BCUT2D eigenvalue weighted by Crippen LogP contribution is 2.60. The lowest BCUT2D eigenvalue weighted by Gasteiger charge is -2.29. The number of hydrogen-bond donors (Lipinski definition) is 6. The van der Waals surface area contributed by atoms with E-state index in [0.29, 0.717) is 47.9 Å². The molecule has 0 saturated heterocycles. The van der Waals surface area contributed by atoms with E-state index < -0.39 is 57.7 Å². The molecular formula is C54H59F6N5O9. The first-order valence-corrected chi connectivity index (χ1v) is 23.6. The molecule has 0 bridgehead atoms. The minimum absolute atomic E-state index is 0.102. The minimum Gasteiger partial charge on any atom is -0.494 e. The van der Waals surface area contributed by atoms with Crippen molar-refractivity contribution in [3.8, 4) is 56.0 Å². The summed E-state index contributed by atoms with van der Waals surface area (Å²) in [6.45, 7) is 13.0. The maximum Gasteiger partial charge on any atom is 0.425 e. The van der Waals surface area contributed by atoms with Crippen LogP contribution in [0.15, 0.2) is 97.6 Å². The van der Waals surface area contributed by atoms with Gasteiger partial charge in [-0.3, -0.25) is 14.2 Å². The Bertz CT molecular complexity index is 2890. The third-order valence-electron chi connectivity index (χ3n) is 13.5. The van der Waals surface area contributed by atoms with Crippen molar-refractivity contribution in [2.24, 2.45) is 5.73 Å². The zero-order chi connectivity index (χ0) is 54.8. The molecular weight excluding hydrogens is 977 g/mol. The second kappa shape index (κ2) is 19.2. The Labute approximate surface area is 423 Å². The van der Waals surface area contributed by atoms with E-state index in [1.54, 1.807) is 65.8 Å². The summed E-state index contributed by atoms with van der Waals surface area (Å²) < 4.78 is 101. The maximum absolute atomic E-state index is 14.5. The standard InChI is InChI=1S/C27H30F3N3O4.C27H29F3N2O5/c1-24(2,35)10-7-11-37-17-12-19(16-14-32-33(15-16)25(3,4)23(31)34)22-18-8-5-6-9-20(18)26(36,21(22)13-17)27(28,29)30;1-24(2,35)10-7-11-37-17-12-19(16-14-31-32(15-16)25(3,4)23(33)34)22-18-8-5-6-9-20(18)26(36,21(22)13-17)27(28,29)30/h5-6,8-9,12-15,35-36H,7,10-11H2,1-4H3,(H2,31,34);5-6,8-9,12-15,35-36H,7,10-11H2,1-4H3,(H,33,34)/t2*26-/m11/s1. The lowest BCUT2D eigenvalue weighted by Crippen LogP contribution is -2.41.